The number of aromatic nitrogens is 1. The van der Waals surface area contributed by atoms with Crippen molar-refractivity contribution < 1.29 is 36.2 Å². The third-order valence-corrected chi connectivity index (χ3v) is 6.92. The van der Waals surface area contributed by atoms with Crippen LogP contribution in [0.5, 0.6) is 23.0 Å². The van der Waals surface area contributed by atoms with Gasteiger partial charge in [-0.15, -0.1) is 11.5 Å². The van der Waals surface area contributed by atoms with E-state index in [0.717, 1.165) is 11.4 Å². The molecule has 1 aromatic heterocycles. The molecular weight excluding hydrogens is 583 g/mol. The molecule has 43 heavy (non-hydrogen) atoms. The van der Waals surface area contributed by atoms with E-state index in [1.54, 1.807) is 6.20 Å². The fourth-order valence-corrected chi connectivity index (χ4v) is 4.74. The number of benzene rings is 2. The molecule has 0 aliphatic rings. The van der Waals surface area contributed by atoms with Gasteiger partial charge in [-0.3, -0.25) is 9.98 Å². The Morgan fingerprint density at radius 1 is 0.674 bits per heavy atom. The molecule has 0 radical (unpaired) electrons. The van der Waals surface area contributed by atoms with Crippen molar-refractivity contribution in [3.63, 3.8) is 0 Å². The van der Waals surface area contributed by atoms with Gasteiger partial charge in [0.2, 0.25) is 0 Å². The number of aliphatic imine (C=N–C) groups is 1. The van der Waals surface area contributed by atoms with Gasteiger partial charge in [0.05, 0.1) is 31.8 Å². The molecular formula is C36H50N2NiO4. The zero-order valence-corrected chi connectivity index (χ0v) is 29.5. The standard InChI is InChI=1S/C20H26N2.C16H26O4.Ni/c1-19(2,3)15-10-11-17(20(4,5)6)18(13-15)22-14-16-9-7-8-12-21-16;1-15(2,3)9-11(17)12(18)10(16(4,5)6)14(20-8)13(9)19-7;/h7-14H,1-6H3;17-18H,1-8H3;/q;;+2/p-2. The maximum absolute atomic E-state index is 12.5. The van der Waals surface area contributed by atoms with Crippen LogP contribution >= 0.6 is 0 Å². The van der Waals surface area contributed by atoms with Crippen LogP contribution in [0.1, 0.15) is 111 Å². The average molecular weight is 633 g/mol. The summed E-state index contributed by atoms with van der Waals surface area (Å²) in [5.41, 5.74) is 4.40. The number of hydrogen-bond donors (Lipinski definition) is 0. The number of pyridine rings is 1. The van der Waals surface area contributed by atoms with Gasteiger partial charge in [0.15, 0.2) is 11.5 Å². The monoisotopic (exact) mass is 632 g/mol. The minimum absolute atomic E-state index is 0. The predicted molar refractivity (Wildman–Crippen MR) is 171 cm³/mol. The molecule has 0 N–H and O–H groups in total. The van der Waals surface area contributed by atoms with E-state index in [9.17, 15) is 10.2 Å². The summed E-state index contributed by atoms with van der Waals surface area (Å²) in [6.07, 6.45) is 3.63. The first kappa shape index (κ1) is 38.0. The molecule has 6 nitrogen and oxygen atoms in total. The van der Waals surface area contributed by atoms with Crippen molar-refractivity contribution in [2.24, 2.45) is 4.99 Å². The molecule has 0 aliphatic carbocycles. The van der Waals surface area contributed by atoms with E-state index in [2.05, 4.69) is 64.7 Å². The summed E-state index contributed by atoms with van der Waals surface area (Å²) in [6, 6.07) is 12.5. The van der Waals surface area contributed by atoms with Crippen LogP contribution in [-0.2, 0) is 38.2 Å². The topological polar surface area (TPSA) is 89.8 Å². The van der Waals surface area contributed by atoms with Crippen molar-refractivity contribution in [3.05, 3.63) is 70.5 Å². The molecule has 0 unspecified atom stereocenters. The first-order valence-corrected chi connectivity index (χ1v) is 14.4. The second-order valence-corrected chi connectivity index (χ2v) is 14.7. The fourth-order valence-electron chi connectivity index (χ4n) is 4.74. The maximum atomic E-state index is 12.5. The van der Waals surface area contributed by atoms with E-state index in [-0.39, 0.29) is 27.3 Å². The Labute approximate surface area is 269 Å². The summed E-state index contributed by atoms with van der Waals surface area (Å²) >= 11 is 0. The molecule has 0 saturated carbocycles. The van der Waals surface area contributed by atoms with Crippen LogP contribution < -0.4 is 19.7 Å². The molecule has 1 heterocycles. The largest absolute Gasteiger partial charge is 2.00 e. The minimum Gasteiger partial charge on any atom is -0.873 e. The van der Waals surface area contributed by atoms with Gasteiger partial charge in [0, 0.05) is 6.20 Å². The zero-order chi connectivity index (χ0) is 32.3. The molecule has 0 fully saturated rings. The van der Waals surface area contributed by atoms with Crippen LogP contribution in [0.3, 0.4) is 0 Å². The van der Waals surface area contributed by atoms with E-state index in [0.29, 0.717) is 22.6 Å². The van der Waals surface area contributed by atoms with Gasteiger partial charge in [-0.25, -0.2) is 0 Å². The summed E-state index contributed by atoms with van der Waals surface area (Å²) in [7, 11) is 2.98. The van der Waals surface area contributed by atoms with Crippen LogP contribution in [0.2, 0.25) is 0 Å². The molecule has 7 heteroatoms. The third-order valence-electron chi connectivity index (χ3n) is 6.92. The summed E-state index contributed by atoms with van der Waals surface area (Å²) in [4.78, 5) is 9.04. The van der Waals surface area contributed by atoms with Crippen LogP contribution in [0.15, 0.2) is 47.6 Å². The number of ether oxygens (including phenoxy) is 2. The van der Waals surface area contributed by atoms with Crippen LogP contribution in [0, 0.1) is 0 Å². The minimum atomic E-state index is -0.500. The quantitative estimate of drug-likeness (QED) is 0.216. The normalized spacial score (nSPS) is 12.3. The Morgan fingerprint density at radius 3 is 1.51 bits per heavy atom. The molecule has 238 valence electrons. The molecule has 0 spiro atoms. The number of methoxy groups -OCH3 is 2. The van der Waals surface area contributed by atoms with Gasteiger partial charge in [-0.1, -0.05) is 101 Å². The van der Waals surface area contributed by atoms with Gasteiger partial charge < -0.3 is 19.7 Å². The van der Waals surface area contributed by atoms with E-state index in [1.807, 2.05) is 66.0 Å². The SMILES string of the molecule is CC(C)(C)c1ccc(C(C)(C)C)c(N=Cc2ccccn2)c1.COc1c(OC)c(C(C)(C)C)c([O-])c([O-])c1C(C)(C)C.[Ni+2]. The molecule has 3 aromatic rings. The Morgan fingerprint density at radius 2 is 1.16 bits per heavy atom. The van der Waals surface area contributed by atoms with Gasteiger partial charge in [-0.2, -0.15) is 0 Å². The Balaban J connectivity index is 0.000000422. The van der Waals surface area contributed by atoms with Crippen LogP contribution in [-0.4, -0.2) is 25.4 Å². The van der Waals surface area contributed by atoms with Crippen molar-refractivity contribution >= 4 is 11.9 Å². The molecule has 2 aromatic carbocycles. The summed E-state index contributed by atoms with van der Waals surface area (Å²) in [6.45, 7) is 24.6. The van der Waals surface area contributed by atoms with Gasteiger partial charge in [-0.05, 0) is 62.1 Å². The van der Waals surface area contributed by atoms with Gasteiger partial charge in [0.1, 0.15) is 0 Å². The van der Waals surface area contributed by atoms with E-state index in [1.165, 1.54) is 25.3 Å². The Hall–Kier alpha value is -3.05. The fraction of sp³-hybridized carbons (Fsp3) is 0.500. The van der Waals surface area contributed by atoms with E-state index >= 15 is 0 Å². The van der Waals surface area contributed by atoms with Crippen LogP contribution in [0.25, 0.3) is 0 Å². The molecule has 0 amide bonds. The predicted octanol–water partition coefficient (Wildman–Crippen LogP) is 7.87. The number of rotatable bonds is 4. The van der Waals surface area contributed by atoms with Crippen molar-refractivity contribution in [1.29, 1.82) is 0 Å². The average Bonchev–Trinajstić information content (AvgIpc) is 2.86. The summed E-state index contributed by atoms with van der Waals surface area (Å²) in [5.74, 6) is -0.260. The van der Waals surface area contributed by atoms with E-state index < -0.39 is 22.3 Å². The molecule has 0 aliphatic heterocycles. The molecule has 0 saturated heterocycles. The number of hydrogen-bond acceptors (Lipinski definition) is 6. The van der Waals surface area contributed by atoms with Crippen molar-refractivity contribution in [1.82, 2.24) is 4.98 Å². The first-order chi connectivity index (χ1) is 19.1. The summed E-state index contributed by atoms with van der Waals surface area (Å²) < 4.78 is 10.8. The van der Waals surface area contributed by atoms with Crippen molar-refractivity contribution in [2.45, 2.75) is 105 Å². The number of nitrogens with zero attached hydrogens (tertiary/aromatic N) is 2. The Bertz CT molecular complexity index is 1340. The summed E-state index contributed by atoms with van der Waals surface area (Å²) in [5, 5.41) is 25.0. The molecule has 0 bridgehead atoms. The zero-order valence-electron chi connectivity index (χ0n) is 28.5. The van der Waals surface area contributed by atoms with Gasteiger partial charge in [0.25, 0.3) is 0 Å². The van der Waals surface area contributed by atoms with Crippen molar-refractivity contribution in [2.75, 3.05) is 14.2 Å². The molecule has 3 rings (SSSR count). The Kier molecular flexibility index (Phi) is 12.5. The smallest absolute Gasteiger partial charge is 0.873 e. The molecule has 0 atom stereocenters. The maximum Gasteiger partial charge on any atom is 2.00 e. The second kappa shape index (κ2) is 14.2. The third kappa shape index (κ3) is 9.47. The second-order valence-electron chi connectivity index (χ2n) is 14.7. The van der Waals surface area contributed by atoms with E-state index in [4.69, 9.17) is 14.5 Å². The van der Waals surface area contributed by atoms with Gasteiger partial charge >= 0.3 is 16.5 Å². The van der Waals surface area contributed by atoms with Crippen LogP contribution in [0.4, 0.5) is 5.69 Å². The van der Waals surface area contributed by atoms with Crippen molar-refractivity contribution in [3.8, 4) is 23.0 Å². The first-order valence-electron chi connectivity index (χ1n) is 14.4.